The molecule has 2 aromatic carbocycles. The number of para-hydroxylation sites is 1. The number of anilines is 1. The SMILES string of the molecule is CCc1cccc2c(C=NNc3ccc([N+](=O)[O-])cc3S(=O)(=O)N(CC)CC)c[nH]c12. The molecule has 0 saturated heterocycles. The van der Waals surface area contributed by atoms with Crippen LogP contribution in [0.5, 0.6) is 0 Å². The fraction of sp³-hybridized carbons (Fsp3) is 0.286. The topological polar surface area (TPSA) is 121 Å². The van der Waals surface area contributed by atoms with Crippen LogP contribution >= 0.6 is 0 Å². The molecule has 3 rings (SSSR count). The molecule has 0 spiro atoms. The molecule has 0 fully saturated rings. The number of hydrogen-bond donors (Lipinski definition) is 2. The van der Waals surface area contributed by atoms with E-state index < -0.39 is 14.9 Å². The Morgan fingerprint density at radius 2 is 1.94 bits per heavy atom. The van der Waals surface area contributed by atoms with Crippen molar-refractivity contribution in [3.8, 4) is 0 Å². The van der Waals surface area contributed by atoms with Gasteiger partial charge in [0.05, 0.1) is 16.8 Å². The Balaban J connectivity index is 1.97. The van der Waals surface area contributed by atoms with E-state index in [0.29, 0.717) is 0 Å². The highest BCUT2D eigenvalue weighted by atomic mass is 32.2. The van der Waals surface area contributed by atoms with Gasteiger partial charge in [0.1, 0.15) is 4.90 Å². The predicted molar refractivity (Wildman–Crippen MR) is 122 cm³/mol. The minimum Gasteiger partial charge on any atom is -0.360 e. The third kappa shape index (κ3) is 4.44. The van der Waals surface area contributed by atoms with Gasteiger partial charge in [-0.25, -0.2) is 8.42 Å². The highest BCUT2D eigenvalue weighted by Crippen LogP contribution is 2.29. The van der Waals surface area contributed by atoms with Gasteiger partial charge in [-0.3, -0.25) is 15.5 Å². The lowest BCUT2D eigenvalue weighted by Gasteiger charge is -2.20. The molecule has 0 aliphatic heterocycles. The number of aromatic amines is 1. The van der Waals surface area contributed by atoms with Gasteiger partial charge in [0.15, 0.2) is 0 Å². The van der Waals surface area contributed by atoms with E-state index >= 15 is 0 Å². The summed E-state index contributed by atoms with van der Waals surface area (Å²) in [5.41, 5.74) is 5.68. The van der Waals surface area contributed by atoms with Gasteiger partial charge in [-0.15, -0.1) is 0 Å². The number of nitrogens with zero attached hydrogens (tertiary/aromatic N) is 3. The van der Waals surface area contributed by atoms with Gasteiger partial charge in [0.25, 0.3) is 5.69 Å². The smallest absolute Gasteiger partial charge is 0.270 e. The van der Waals surface area contributed by atoms with Crippen molar-refractivity contribution in [1.82, 2.24) is 9.29 Å². The first-order valence-electron chi connectivity index (χ1n) is 10.00. The number of non-ortho nitro benzene ring substituents is 1. The molecule has 0 unspecified atom stereocenters. The van der Waals surface area contributed by atoms with Crippen LogP contribution in [0.2, 0.25) is 0 Å². The van der Waals surface area contributed by atoms with E-state index in [2.05, 4.69) is 28.5 Å². The Morgan fingerprint density at radius 1 is 1.19 bits per heavy atom. The number of nitro benzene ring substituents is 1. The molecule has 0 atom stereocenters. The van der Waals surface area contributed by atoms with Gasteiger partial charge in [0, 0.05) is 47.9 Å². The number of benzene rings is 2. The number of rotatable bonds is 9. The molecule has 164 valence electrons. The minimum atomic E-state index is -3.93. The van der Waals surface area contributed by atoms with E-state index in [1.165, 1.54) is 22.0 Å². The van der Waals surface area contributed by atoms with E-state index in [9.17, 15) is 18.5 Å². The van der Waals surface area contributed by atoms with Crippen molar-refractivity contribution in [2.24, 2.45) is 5.10 Å². The molecule has 0 radical (unpaired) electrons. The Bertz CT molecular complexity index is 1230. The number of aryl methyl sites for hydroxylation is 1. The first kappa shape index (κ1) is 22.4. The normalized spacial score (nSPS) is 12.1. The molecular formula is C21H25N5O4S. The molecule has 1 heterocycles. The quantitative estimate of drug-likeness (QED) is 0.293. The molecule has 0 bridgehead atoms. The molecular weight excluding hydrogens is 418 g/mol. The van der Waals surface area contributed by atoms with Crippen LogP contribution in [-0.4, -0.2) is 41.9 Å². The van der Waals surface area contributed by atoms with Crippen LogP contribution in [0.3, 0.4) is 0 Å². The molecule has 2 N–H and O–H groups in total. The van der Waals surface area contributed by atoms with Crippen molar-refractivity contribution in [3.05, 3.63) is 63.8 Å². The number of nitro groups is 1. The summed E-state index contributed by atoms with van der Waals surface area (Å²) in [5, 5.41) is 16.4. The summed E-state index contributed by atoms with van der Waals surface area (Å²) in [4.78, 5) is 13.6. The first-order chi connectivity index (χ1) is 14.8. The zero-order valence-corrected chi connectivity index (χ0v) is 18.4. The van der Waals surface area contributed by atoms with Crippen LogP contribution < -0.4 is 5.43 Å². The molecule has 3 aromatic rings. The van der Waals surface area contributed by atoms with Crippen molar-refractivity contribution >= 4 is 38.5 Å². The van der Waals surface area contributed by atoms with Crippen molar-refractivity contribution < 1.29 is 13.3 Å². The summed E-state index contributed by atoms with van der Waals surface area (Å²) in [5.74, 6) is 0. The monoisotopic (exact) mass is 443 g/mol. The lowest BCUT2D eigenvalue weighted by atomic mass is 10.1. The fourth-order valence-electron chi connectivity index (χ4n) is 3.44. The first-order valence-corrected chi connectivity index (χ1v) is 11.4. The standard InChI is InChI=1S/C21H25N5O4S/c1-4-15-8-7-9-18-16(13-22-21(15)18)14-23-24-19-11-10-17(26(27)28)12-20(19)31(29,30)25(5-2)6-3/h7-14,22,24H,4-6H2,1-3H3. The fourth-order valence-corrected chi connectivity index (χ4v) is 5.06. The molecule has 9 nitrogen and oxygen atoms in total. The molecule has 0 amide bonds. The summed E-state index contributed by atoms with van der Waals surface area (Å²) in [6.45, 7) is 6.01. The van der Waals surface area contributed by atoms with Gasteiger partial charge in [-0.2, -0.15) is 9.41 Å². The number of hydrogen-bond acceptors (Lipinski definition) is 6. The predicted octanol–water partition coefficient (Wildman–Crippen LogP) is 4.12. The average Bonchev–Trinajstić information content (AvgIpc) is 3.17. The lowest BCUT2D eigenvalue weighted by Crippen LogP contribution is -2.31. The van der Waals surface area contributed by atoms with Gasteiger partial charge < -0.3 is 4.98 Å². The maximum Gasteiger partial charge on any atom is 0.270 e. The van der Waals surface area contributed by atoms with Crippen LogP contribution in [-0.2, 0) is 16.4 Å². The van der Waals surface area contributed by atoms with Crippen molar-refractivity contribution in [2.75, 3.05) is 18.5 Å². The average molecular weight is 444 g/mol. The number of sulfonamides is 1. The van der Waals surface area contributed by atoms with E-state index in [1.807, 2.05) is 18.3 Å². The maximum atomic E-state index is 13.0. The number of aromatic nitrogens is 1. The summed E-state index contributed by atoms with van der Waals surface area (Å²) in [6.07, 6.45) is 4.31. The van der Waals surface area contributed by atoms with Crippen molar-refractivity contribution in [1.29, 1.82) is 0 Å². The summed E-state index contributed by atoms with van der Waals surface area (Å²) in [6, 6.07) is 9.68. The molecule has 0 aliphatic carbocycles. The number of hydrazone groups is 1. The van der Waals surface area contributed by atoms with Gasteiger partial charge in [-0.1, -0.05) is 39.0 Å². The third-order valence-corrected chi connectivity index (χ3v) is 7.19. The molecule has 1 aromatic heterocycles. The van der Waals surface area contributed by atoms with Crippen LogP contribution in [0, 0.1) is 10.1 Å². The van der Waals surface area contributed by atoms with Crippen LogP contribution in [0.15, 0.2) is 52.6 Å². The Hall–Kier alpha value is -3.24. The van der Waals surface area contributed by atoms with E-state index in [-0.39, 0.29) is 29.4 Å². The Labute approximate surface area is 181 Å². The van der Waals surface area contributed by atoms with Gasteiger partial charge >= 0.3 is 0 Å². The minimum absolute atomic E-state index is 0.169. The zero-order chi connectivity index (χ0) is 22.6. The van der Waals surface area contributed by atoms with Gasteiger partial charge in [-0.05, 0) is 18.1 Å². The third-order valence-electron chi connectivity index (χ3n) is 5.10. The van der Waals surface area contributed by atoms with Crippen molar-refractivity contribution in [3.63, 3.8) is 0 Å². The van der Waals surface area contributed by atoms with Crippen LogP contribution in [0.4, 0.5) is 11.4 Å². The summed E-state index contributed by atoms with van der Waals surface area (Å²) < 4.78 is 27.3. The largest absolute Gasteiger partial charge is 0.360 e. The Kier molecular flexibility index (Phi) is 6.71. The van der Waals surface area contributed by atoms with Crippen LogP contribution in [0.1, 0.15) is 31.9 Å². The van der Waals surface area contributed by atoms with Crippen LogP contribution in [0.25, 0.3) is 10.9 Å². The summed E-state index contributed by atoms with van der Waals surface area (Å²) >= 11 is 0. The van der Waals surface area contributed by atoms with Crippen molar-refractivity contribution in [2.45, 2.75) is 32.1 Å². The molecule has 0 saturated carbocycles. The number of nitrogens with one attached hydrogen (secondary N) is 2. The highest BCUT2D eigenvalue weighted by molar-refractivity contribution is 7.89. The Morgan fingerprint density at radius 3 is 2.58 bits per heavy atom. The lowest BCUT2D eigenvalue weighted by molar-refractivity contribution is -0.385. The number of H-pyrrole nitrogens is 1. The zero-order valence-electron chi connectivity index (χ0n) is 17.6. The molecule has 31 heavy (non-hydrogen) atoms. The van der Waals surface area contributed by atoms with Gasteiger partial charge in [0.2, 0.25) is 10.0 Å². The van der Waals surface area contributed by atoms with E-state index in [0.717, 1.165) is 29.0 Å². The second kappa shape index (κ2) is 9.27. The highest BCUT2D eigenvalue weighted by Gasteiger charge is 2.27. The maximum absolute atomic E-state index is 13.0. The molecule has 0 aliphatic rings. The van der Waals surface area contributed by atoms with E-state index in [4.69, 9.17) is 0 Å². The summed E-state index contributed by atoms with van der Waals surface area (Å²) in [7, 11) is -3.93. The number of fused-ring (bicyclic) bond motifs is 1. The molecule has 10 heteroatoms. The van der Waals surface area contributed by atoms with E-state index in [1.54, 1.807) is 20.1 Å². The second-order valence-corrected chi connectivity index (χ2v) is 8.74. The second-order valence-electron chi connectivity index (χ2n) is 6.83.